The van der Waals surface area contributed by atoms with Crippen molar-refractivity contribution in [3.63, 3.8) is 0 Å². The first-order chi connectivity index (χ1) is 9.38. The lowest BCUT2D eigenvalue weighted by molar-refractivity contribution is 0.0883. The van der Waals surface area contributed by atoms with E-state index in [0.29, 0.717) is 6.04 Å². The Bertz CT molecular complexity index is 380. The SMILES string of the molecule is NCCC(c1ccccc1)N1CCN(C2CC2)CC1. The predicted molar refractivity (Wildman–Crippen MR) is 79.0 cm³/mol. The maximum absolute atomic E-state index is 5.82. The third-order valence-electron chi connectivity index (χ3n) is 4.48. The molecule has 3 nitrogen and oxygen atoms in total. The highest BCUT2D eigenvalue weighted by Gasteiger charge is 2.32. The molecular formula is C16H25N3. The van der Waals surface area contributed by atoms with E-state index < -0.39 is 0 Å². The van der Waals surface area contributed by atoms with E-state index in [4.69, 9.17) is 5.73 Å². The molecule has 0 aromatic heterocycles. The number of piperazine rings is 1. The van der Waals surface area contributed by atoms with Gasteiger partial charge in [0.1, 0.15) is 0 Å². The van der Waals surface area contributed by atoms with Crippen LogP contribution >= 0.6 is 0 Å². The molecule has 1 atom stereocenters. The van der Waals surface area contributed by atoms with Crippen LogP contribution in [0.4, 0.5) is 0 Å². The summed E-state index contributed by atoms with van der Waals surface area (Å²) in [4.78, 5) is 5.29. The molecule has 3 rings (SSSR count). The summed E-state index contributed by atoms with van der Waals surface area (Å²) in [6.45, 7) is 5.62. The first-order valence-electron chi connectivity index (χ1n) is 7.61. The van der Waals surface area contributed by atoms with Crippen molar-refractivity contribution in [3.8, 4) is 0 Å². The highest BCUT2D eigenvalue weighted by Crippen LogP contribution is 2.30. The monoisotopic (exact) mass is 259 g/mol. The molecule has 2 fully saturated rings. The minimum Gasteiger partial charge on any atom is -0.330 e. The predicted octanol–water partition coefficient (Wildman–Crippen LogP) is 1.86. The molecule has 0 amide bonds. The lowest BCUT2D eigenvalue weighted by Crippen LogP contribution is -2.48. The van der Waals surface area contributed by atoms with Crippen LogP contribution in [0.25, 0.3) is 0 Å². The van der Waals surface area contributed by atoms with E-state index >= 15 is 0 Å². The molecule has 1 aliphatic heterocycles. The van der Waals surface area contributed by atoms with Gasteiger partial charge in [-0.3, -0.25) is 9.80 Å². The summed E-state index contributed by atoms with van der Waals surface area (Å²) in [5.41, 5.74) is 7.25. The summed E-state index contributed by atoms with van der Waals surface area (Å²) < 4.78 is 0. The van der Waals surface area contributed by atoms with Crippen molar-refractivity contribution in [3.05, 3.63) is 35.9 Å². The van der Waals surface area contributed by atoms with Gasteiger partial charge in [-0.15, -0.1) is 0 Å². The summed E-state index contributed by atoms with van der Waals surface area (Å²) in [6, 6.07) is 12.3. The lowest BCUT2D eigenvalue weighted by Gasteiger charge is -2.39. The third-order valence-corrected chi connectivity index (χ3v) is 4.48. The Kier molecular flexibility index (Phi) is 4.16. The average molecular weight is 259 g/mol. The van der Waals surface area contributed by atoms with Crippen molar-refractivity contribution in [2.75, 3.05) is 32.7 Å². The Morgan fingerprint density at radius 1 is 1.05 bits per heavy atom. The quantitative estimate of drug-likeness (QED) is 0.876. The fraction of sp³-hybridized carbons (Fsp3) is 0.625. The van der Waals surface area contributed by atoms with E-state index in [1.54, 1.807) is 0 Å². The van der Waals surface area contributed by atoms with Gasteiger partial charge >= 0.3 is 0 Å². The topological polar surface area (TPSA) is 32.5 Å². The zero-order valence-electron chi connectivity index (χ0n) is 11.7. The number of hydrogen-bond acceptors (Lipinski definition) is 3. The van der Waals surface area contributed by atoms with Crippen LogP contribution in [0.5, 0.6) is 0 Å². The van der Waals surface area contributed by atoms with Gasteiger partial charge in [-0.2, -0.15) is 0 Å². The second kappa shape index (κ2) is 6.04. The first kappa shape index (κ1) is 13.1. The molecule has 0 bridgehead atoms. The Labute approximate surface area is 116 Å². The van der Waals surface area contributed by atoms with E-state index in [2.05, 4.69) is 40.1 Å². The van der Waals surface area contributed by atoms with Gasteiger partial charge in [0.05, 0.1) is 0 Å². The Balaban J connectivity index is 1.64. The van der Waals surface area contributed by atoms with Crippen molar-refractivity contribution in [1.82, 2.24) is 9.80 Å². The summed E-state index contributed by atoms with van der Waals surface area (Å²) in [5, 5.41) is 0. The van der Waals surface area contributed by atoms with E-state index in [0.717, 1.165) is 19.0 Å². The van der Waals surface area contributed by atoms with E-state index in [1.807, 2.05) is 0 Å². The molecule has 0 radical (unpaired) electrons. The number of rotatable bonds is 5. The fourth-order valence-corrected chi connectivity index (χ4v) is 3.25. The smallest absolute Gasteiger partial charge is 0.0361 e. The van der Waals surface area contributed by atoms with Crippen molar-refractivity contribution in [1.29, 1.82) is 0 Å². The van der Waals surface area contributed by atoms with E-state index in [9.17, 15) is 0 Å². The second-order valence-corrected chi connectivity index (χ2v) is 5.81. The molecule has 1 aromatic rings. The van der Waals surface area contributed by atoms with Crippen molar-refractivity contribution in [2.45, 2.75) is 31.3 Å². The maximum atomic E-state index is 5.82. The van der Waals surface area contributed by atoms with Crippen LogP contribution in [0.15, 0.2) is 30.3 Å². The molecule has 1 heterocycles. The number of benzene rings is 1. The first-order valence-corrected chi connectivity index (χ1v) is 7.61. The largest absolute Gasteiger partial charge is 0.330 e. The number of hydrogen-bond donors (Lipinski definition) is 1. The van der Waals surface area contributed by atoms with Gasteiger partial charge in [-0.25, -0.2) is 0 Å². The molecule has 19 heavy (non-hydrogen) atoms. The van der Waals surface area contributed by atoms with Crippen LogP contribution in [0.1, 0.15) is 30.9 Å². The molecule has 2 aliphatic rings. The maximum Gasteiger partial charge on any atom is 0.0361 e. The molecule has 1 unspecified atom stereocenters. The van der Waals surface area contributed by atoms with Crippen LogP contribution in [0.3, 0.4) is 0 Å². The molecule has 0 spiro atoms. The summed E-state index contributed by atoms with van der Waals surface area (Å²) >= 11 is 0. The van der Waals surface area contributed by atoms with Crippen LogP contribution in [-0.4, -0.2) is 48.6 Å². The lowest BCUT2D eigenvalue weighted by atomic mass is 10.0. The molecular weight excluding hydrogens is 234 g/mol. The van der Waals surface area contributed by atoms with Crippen LogP contribution in [-0.2, 0) is 0 Å². The van der Waals surface area contributed by atoms with Crippen LogP contribution < -0.4 is 5.73 Å². The Hall–Kier alpha value is -0.900. The third kappa shape index (κ3) is 3.16. The van der Waals surface area contributed by atoms with E-state index in [1.165, 1.54) is 44.6 Å². The van der Waals surface area contributed by atoms with Gasteiger partial charge in [-0.05, 0) is 31.4 Å². The van der Waals surface area contributed by atoms with Crippen LogP contribution in [0, 0.1) is 0 Å². The average Bonchev–Trinajstić information content (AvgIpc) is 3.31. The van der Waals surface area contributed by atoms with Gasteiger partial charge in [-0.1, -0.05) is 30.3 Å². The van der Waals surface area contributed by atoms with Crippen molar-refractivity contribution in [2.24, 2.45) is 5.73 Å². The van der Waals surface area contributed by atoms with Gasteiger partial charge in [0, 0.05) is 38.3 Å². The molecule has 3 heteroatoms. The Morgan fingerprint density at radius 2 is 1.74 bits per heavy atom. The molecule has 1 saturated heterocycles. The summed E-state index contributed by atoms with van der Waals surface area (Å²) in [7, 11) is 0. The second-order valence-electron chi connectivity index (χ2n) is 5.81. The Morgan fingerprint density at radius 3 is 2.32 bits per heavy atom. The summed E-state index contributed by atoms with van der Waals surface area (Å²) in [5.74, 6) is 0. The van der Waals surface area contributed by atoms with Gasteiger partial charge in [0.25, 0.3) is 0 Å². The van der Waals surface area contributed by atoms with Gasteiger partial charge in [0.2, 0.25) is 0 Å². The molecule has 1 saturated carbocycles. The molecule has 104 valence electrons. The number of nitrogens with zero attached hydrogens (tertiary/aromatic N) is 2. The summed E-state index contributed by atoms with van der Waals surface area (Å²) in [6.07, 6.45) is 3.91. The van der Waals surface area contributed by atoms with Gasteiger partial charge in [0.15, 0.2) is 0 Å². The zero-order valence-corrected chi connectivity index (χ0v) is 11.7. The van der Waals surface area contributed by atoms with Crippen molar-refractivity contribution < 1.29 is 0 Å². The molecule has 1 aliphatic carbocycles. The normalized spacial score (nSPS) is 23.4. The minimum atomic E-state index is 0.507. The highest BCUT2D eigenvalue weighted by atomic mass is 15.3. The fourth-order valence-electron chi connectivity index (χ4n) is 3.25. The van der Waals surface area contributed by atoms with Gasteiger partial charge < -0.3 is 5.73 Å². The highest BCUT2D eigenvalue weighted by molar-refractivity contribution is 5.19. The van der Waals surface area contributed by atoms with E-state index in [-0.39, 0.29) is 0 Å². The standard InChI is InChI=1S/C16H25N3/c17-9-8-16(14-4-2-1-3-5-14)19-12-10-18(11-13-19)15-6-7-15/h1-5,15-16H,6-13,17H2. The molecule has 1 aromatic carbocycles. The minimum absolute atomic E-state index is 0.507. The molecule has 2 N–H and O–H groups in total. The van der Waals surface area contributed by atoms with Crippen molar-refractivity contribution >= 4 is 0 Å². The number of nitrogens with two attached hydrogens (primary N) is 1. The zero-order chi connectivity index (χ0) is 13.1. The van der Waals surface area contributed by atoms with Crippen LogP contribution in [0.2, 0.25) is 0 Å².